The van der Waals surface area contributed by atoms with Crippen molar-refractivity contribution in [3.05, 3.63) is 85.1 Å². The van der Waals surface area contributed by atoms with Gasteiger partial charge in [0.15, 0.2) is 6.10 Å². The highest BCUT2D eigenvalue weighted by atomic mass is 16.6. The van der Waals surface area contributed by atoms with E-state index < -0.39 is 6.10 Å². The predicted octanol–water partition coefficient (Wildman–Crippen LogP) is 18.8. The molecule has 0 spiro atoms. The third-order valence-corrected chi connectivity index (χ3v) is 11.9. The van der Waals surface area contributed by atoms with Gasteiger partial charge in [-0.1, -0.05) is 241 Å². The minimum absolute atomic E-state index is 0.0957. The summed E-state index contributed by atoms with van der Waals surface area (Å²) in [7, 11) is 0. The second kappa shape index (κ2) is 55.2. The molecule has 384 valence electrons. The topological polar surface area (TPSA) is 78.9 Å². The van der Waals surface area contributed by atoms with Crippen molar-refractivity contribution < 1.29 is 28.6 Å². The van der Waals surface area contributed by atoms with Crippen LogP contribution in [-0.2, 0) is 28.6 Å². The molecule has 0 aliphatic heterocycles. The Bertz CT molecular complexity index is 1300. The first-order valence-electron chi connectivity index (χ1n) is 28.1. The zero-order valence-corrected chi connectivity index (χ0v) is 43.9. The van der Waals surface area contributed by atoms with Crippen LogP contribution in [0.25, 0.3) is 0 Å². The smallest absolute Gasteiger partial charge is 0.306 e. The summed E-state index contributed by atoms with van der Waals surface area (Å²) in [5.41, 5.74) is 0. The van der Waals surface area contributed by atoms with Crippen LogP contribution in [0.3, 0.4) is 0 Å². The SMILES string of the molecule is CC/C=C\C/C=C\C/C=C\C/C=C\C/C=C\CCCC(=O)OC[C@@H](COC(=O)CCCCCCCCCCCCCCCCC)OC(=O)CCCCCCCCC/C=C\C/C=C\CCCCC. The first-order valence-corrected chi connectivity index (χ1v) is 28.1. The molecule has 0 aliphatic carbocycles. The van der Waals surface area contributed by atoms with Crippen molar-refractivity contribution >= 4 is 17.9 Å². The van der Waals surface area contributed by atoms with E-state index in [0.717, 1.165) is 89.9 Å². The quantitative estimate of drug-likeness (QED) is 0.0262. The number of allylic oxidation sites excluding steroid dienone is 14. The maximum absolute atomic E-state index is 12.8. The molecule has 6 nitrogen and oxygen atoms in total. The molecule has 0 aromatic heterocycles. The van der Waals surface area contributed by atoms with E-state index in [4.69, 9.17) is 14.2 Å². The second-order valence-electron chi connectivity index (χ2n) is 18.5. The highest BCUT2D eigenvalue weighted by Gasteiger charge is 2.19. The largest absolute Gasteiger partial charge is 0.462 e. The second-order valence-corrected chi connectivity index (χ2v) is 18.5. The number of carbonyl (C=O) groups excluding carboxylic acids is 3. The summed E-state index contributed by atoms with van der Waals surface area (Å²) in [4.78, 5) is 38.1. The number of esters is 3. The van der Waals surface area contributed by atoms with E-state index in [1.165, 1.54) is 128 Å². The molecule has 0 heterocycles. The van der Waals surface area contributed by atoms with Crippen LogP contribution in [0.5, 0.6) is 0 Å². The lowest BCUT2D eigenvalue weighted by molar-refractivity contribution is -0.167. The fraction of sp³-hybridized carbons (Fsp3) is 0.721. The van der Waals surface area contributed by atoms with Gasteiger partial charge in [0.25, 0.3) is 0 Å². The molecule has 0 aliphatic rings. The lowest BCUT2D eigenvalue weighted by atomic mass is 10.0. The van der Waals surface area contributed by atoms with E-state index in [2.05, 4.69) is 106 Å². The van der Waals surface area contributed by atoms with E-state index in [1.807, 2.05) is 0 Å². The van der Waals surface area contributed by atoms with Gasteiger partial charge >= 0.3 is 17.9 Å². The Morgan fingerprint density at radius 2 is 0.597 bits per heavy atom. The first kappa shape index (κ1) is 63.6. The molecular formula is C61H104O6. The molecule has 0 unspecified atom stereocenters. The van der Waals surface area contributed by atoms with Crippen molar-refractivity contribution in [2.75, 3.05) is 13.2 Å². The van der Waals surface area contributed by atoms with Gasteiger partial charge in [0.05, 0.1) is 0 Å². The highest BCUT2D eigenvalue weighted by Crippen LogP contribution is 2.15. The fourth-order valence-corrected chi connectivity index (χ4v) is 7.68. The van der Waals surface area contributed by atoms with E-state index in [0.29, 0.717) is 19.3 Å². The maximum atomic E-state index is 12.8. The summed E-state index contributed by atoms with van der Waals surface area (Å²) in [6, 6.07) is 0. The van der Waals surface area contributed by atoms with Gasteiger partial charge in [0.1, 0.15) is 13.2 Å². The van der Waals surface area contributed by atoms with Crippen LogP contribution in [0.4, 0.5) is 0 Å². The Morgan fingerprint density at radius 1 is 0.313 bits per heavy atom. The number of hydrogen-bond acceptors (Lipinski definition) is 6. The Hall–Kier alpha value is -3.41. The van der Waals surface area contributed by atoms with Crippen LogP contribution in [-0.4, -0.2) is 37.2 Å². The lowest BCUT2D eigenvalue weighted by Crippen LogP contribution is -2.30. The molecule has 0 N–H and O–H groups in total. The van der Waals surface area contributed by atoms with Crippen molar-refractivity contribution in [3.8, 4) is 0 Å². The molecular weight excluding hydrogens is 829 g/mol. The number of unbranched alkanes of at least 4 members (excludes halogenated alkanes) is 25. The number of hydrogen-bond donors (Lipinski definition) is 0. The van der Waals surface area contributed by atoms with Gasteiger partial charge in [-0.05, 0) is 89.9 Å². The van der Waals surface area contributed by atoms with E-state index in [9.17, 15) is 14.4 Å². The summed E-state index contributed by atoms with van der Waals surface area (Å²) in [6.07, 6.45) is 71.4. The Balaban J connectivity index is 4.48. The molecule has 0 aromatic rings. The average molecular weight is 933 g/mol. The van der Waals surface area contributed by atoms with Gasteiger partial charge in [-0.15, -0.1) is 0 Å². The molecule has 67 heavy (non-hydrogen) atoms. The highest BCUT2D eigenvalue weighted by molar-refractivity contribution is 5.71. The van der Waals surface area contributed by atoms with Gasteiger partial charge in [-0.2, -0.15) is 0 Å². The molecule has 0 radical (unpaired) electrons. The van der Waals surface area contributed by atoms with Crippen molar-refractivity contribution in [1.82, 2.24) is 0 Å². The fourth-order valence-electron chi connectivity index (χ4n) is 7.68. The van der Waals surface area contributed by atoms with Gasteiger partial charge in [-0.3, -0.25) is 14.4 Å². The van der Waals surface area contributed by atoms with Gasteiger partial charge in [0, 0.05) is 19.3 Å². The molecule has 0 aromatic carbocycles. The van der Waals surface area contributed by atoms with Gasteiger partial charge in [-0.25, -0.2) is 0 Å². The van der Waals surface area contributed by atoms with Gasteiger partial charge in [0.2, 0.25) is 0 Å². The van der Waals surface area contributed by atoms with E-state index >= 15 is 0 Å². The van der Waals surface area contributed by atoms with Crippen molar-refractivity contribution in [3.63, 3.8) is 0 Å². The molecule has 0 saturated heterocycles. The monoisotopic (exact) mass is 933 g/mol. The number of carbonyl (C=O) groups is 3. The van der Waals surface area contributed by atoms with E-state index in [1.54, 1.807) is 0 Å². The molecule has 0 saturated carbocycles. The van der Waals surface area contributed by atoms with Crippen LogP contribution in [0.1, 0.15) is 265 Å². The first-order chi connectivity index (χ1) is 33.0. The molecule has 1 atom stereocenters. The van der Waals surface area contributed by atoms with Crippen LogP contribution >= 0.6 is 0 Å². The minimum atomic E-state index is -0.803. The third-order valence-electron chi connectivity index (χ3n) is 11.9. The third kappa shape index (κ3) is 53.4. The summed E-state index contributed by atoms with van der Waals surface area (Å²) >= 11 is 0. The predicted molar refractivity (Wildman–Crippen MR) is 288 cm³/mol. The Kier molecular flexibility index (Phi) is 52.4. The summed E-state index contributed by atoms with van der Waals surface area (Å²) in [6.45, 7) is 6.46. The average Bonchev–Trinajstić information content (AvgIpc) is 3.33. The Morgan fingerprint density at radius 3 is 1.00 bits per heavy atom. The summed E-state index contributed by atoms with van der Waals surface area (Å²) < 4.78 is 16.8. The van der Waals surface area contributed by atoms with Crippen LogP contribution < -0.4 is 0 Å². The summed E-state index contributed by atoms with van der Waals surface area (Å²) in [5.74, 6) is -0.958. The van der Waals surface area contributed by atoms with Crippen molar-refractivity contribution in [1.29, 1.82) is 0 Å². The van der Waals surface area contributed by atoms with Gasteiger partial charge < -0.3 is 14.2 Å². The van der Waals surface area contributed by atoms with Crippen LogP contribution in [0.2, 0.25) is 0 Å². The zero-order chi connectivity index (χ0) is 48.6. The normalized spacial score (nSPS) is 12.7. The standard InChI is InChI=1S/C61H104O6/c1-4-7-10-13-16-19-22-25-28-30-33-36-39-42-45-48-51-54-60(63)66-57-58(56-65-59(62)53-50-47-44-41-38-35-32-27-24-21-18-15-12-9-6-3)67-61(64)55-52-49-46-43-40-37-34-31-29-26-23-20-17-14-11-8-5-2/h7,10,16-17,19-20,25-26,28-29,33,36,42,45,58H,4-6,8-9,11-15,18,21-24,27,30-32,34-35,37-41,43-44,46-57H2,1-3H3/b10-7-,19-16-,20-17-,28-25-,29-26-,36-33-,45-42-/t58-/m1/s1. The number of rotatable bonds is 50. The molecule has 0 rings (SSSR count). The minimum Gasteiger partial charge on any atom is -0.462 e. The number of ether oxygens (including phenoxy) is 3. The Labute approximate surface area is 414 Å². The van der Waals surface area contributed by atoms with Crippen LogP contribution in [0.15, 0.2) is 85.1 Å². The molecule has 0 bridgehead atoms. The van der Waals surface area contributed by atoms with Crippen molar-refractivity contribution in [2.24, 2.45) is 0 Å². The molecule has 0 amide bonds. The van der Waals surface area contributed by atoms with E-state index in [-0.39, 0.29) is 37.5 Å². The van der Waals surface area contributed by atoms with Crippen LogP contribution in [0, 0.1) is 0 Å². The van der Waals surface area contributed by atoms with Crippen molar-refractivity contribution in [2.45, 2.75) is 271 Å². The molecule has 6 heteroatoms. The summed E-state index contributed by atoms with van der Waals surface area (Å²) in [5, 5.41) is 0. The maximum Gasteiger partial charge on any atom is 0.306 e. The molecule has 0 fully saturated rings. The lowest BCUT2D eigenvalue weighted by Gasteiger charge is -2.18. The zero-order valence-electron chi connectivity index (χ0n) is 43.9.